The van der Waals surface area contributed by atoms with Crippen LogP contribution in [0.15, 0.2) is 4.99 Å². The molecule has 1 rings (SSSR count). The second-order valence-electron chi connectivity index (χ2n) is 2.84. The van der Waals surface area contributed by atoms with E-state index in [1.165, 1.54) is 0 Å². The third kappa shape index (κ3) is 1.36. The van der Waals surface area contributed by atoms with Gasteiger partial charge in [0, 0.05) is 6.61 Å². The van der Waals surface area contributed by atoms with Crippen molar-refractivity contribution in [2.75, 3.05) is 6.61 Å². The fraction of sp³-hybridized carbons (Fsp3) is 0.857. The number of hydrogen-bond donors (Lipinski definition) is 2. The van der Waals surface area contributed by atoms with Gasteiger partial charge in [0.05, 0.1) is 12.1 Å². The number of aliphatic hydroxyl groups excluding tert-OH is 2. The van der Waals surface area contributed by atoms with Gasteiger partial charge in [0.2, 0.25) is 0 Å². The Kier molecular flexibility index (Phi) is 2.40. The van der Waals surface area contributed by atoms with E-state index in [0.717, 1.165) is 6.42 Å². The normalized spacial score (nSPS) is 40.0. The van der Waals surface area contributed by atoms with Gasteiger partial charge < -0.3 is 10.2 Å². The molecule has 0 aromatic carbocycles. The Balaban J connectivity index is 2.43. The Bertz CT molecular complexity index is 127. The van der Waals surface area contributed by atoms with Gasteiger partial charge in [0.1, 0.15) is 0 Å². The minimum Gasteiger partial charge on any atom is -0.396 e. The van der Waals surface area contributed by atoms with Crippen molar-refractivity contribution in [3.8, 4) is 0 Å². The maximum Gasteiger partial charge on any atom is 0.0766 e. The molecule has 0 radical (unpaired) electrons. The second kappa shape index (κ2) is 3.12. The molecule has 1 aliphatic rings. The maximum atomic E-state index is 9.25. The number of rotatable bonds is 2. The summed E-state index contributed by atoms with van der Waals surface area (Å²) in [5.41, 5.74) is 0. The highest BCUT2D eigenvalue weighted by Gasteiger charge is 2.31. The average Bonchev–Trinajstić information content (AvgIpc) is 2.30. The van der Waals surface area contributed by atoms with Crippen molar-refractivity contribution in [1.29, 1.82) is 0 Å². The van der Waals surface area contributed by atoms with Crippen LogP contribution >= 0.6 is 0 Å². The van der Waals surface area contributed by atoms with Gasteiger partial charge in [-0.3, -0.25) is 4.99 Å². The van der Waals surface area contributed by atoms with Crippen LogP contribution in [0.4, 0.5) is 0 Å². The molecule has 0 amide bonds. The van der Waals surface area contributed by atoms with Crippen LogP contribution in [0, 0.1) is 5.92 Å². The van der Waals surface area contributed by atoms with Crippen molar-refractivity contribution in [3.63, 3.8) is 0 Å². The van der Waals surface area contributed by atoms with Crippen LogP contribution in [-0.2, 0) is 0 Å². The Morgan fingerprint density at radius 1 is 1.50 bits per heavy atom. The summed E-state index contributed by atoms with van der Waals surface area (Å²) in [6.07, 6.45) is 1.07. The lowest BCUT2D eigenvalue weighted by molar-refractivity contribution is 0.153. The smallest absolute Gasteiger partial charge is 0.0766 e. The summed E-state index contributed by atoms with van der Waals surface area (Å²) >= 11 is 0. The molecule has 10 heavy (non-hydrogen) atoms. The molecule has 0 heterocycles. The van der Waals surface area contributed by atoms with Crippen LogP contribution in [-0.4, -0.2) is 35.7 Å². The van der Waals surface area contributed by atoms with Crippen molar-refractivity contribution in [3.05, 3.63) is 0 Å². The quantitative estimate of drug-likeness (QED) is 0.527. The van der Waals surface area contributed by atoms with E-state index in [1.807, 2.05) is 0 Å². The Morgan fingerprint density at radius 3 is 2.50 bits per heavy atom. The van der Waals surface area contributed by atoms with E-state index in [4.69, 9.17) is 5.11 Å². The van der Waals surface area contributed by atoms with E-state index in [9.17, 15) is 5.11 Å². The molecule has 2 N–H and O–H groups in total. The molecule has 1 aliphatic carbocycles. The highest BCUT2D eigenvalue weighted by Crippen LogP contribution is 2.27. The highest BCUT2D eigenvalue weighted by molar-refractivity contribution is 5.24. The lowest BCUT2D eigenvalue weighted by Crippen LogP contribution is -2.15. The van der Waals surface area contributed by atoms with Crippen molar-refractivity contribution in [2.24, 2.45) is 10.9 Å². The van der Waals surface area contributed by atoms with Gasteiger partial charge in [0.25, 0.3) is 0 Å². The molecule has 0 spiro atoms. The molecule has 0 saturated heterocycles. The number of nitrogens with zero attached hydrogens (tertiary/aromatic N) is 1. The summed E-state index contributed by atoms with van der Waals surface area (Å²) in [5, 5.41) is 18.0. The van der Waals surface area contributed by atoms with Gasteiger partial charge in [-0.15, -0.1) is 0 Å². The molecule has 3 nitrogen and oxygen atoms in total. The molecule has 1 saturated carbocycles. The predicted molar refractivity (Wildman–Crippen MR) is 39.2 cm³/mol. The molecular weight excluding hydrogens is 130 g/mol. The van der Waals surface area contributed by atoms with Crippen molar-refractivity contribution in [2.45, 2.75) is 25.0 Å². The van der Waals surface area contributed by atoms with E-state index in [2.05, 4.69) is 11.7 Å². The van der Waals surface area contributed by atoms with Crippen LogP contribution in [0.3, 0.4) is 0 Å². The standard InChI is InChI=1S/C7H13NO2/c1-8-6-2-5(4-9)3-7(6)10/h5-7,9-10H,1-4H2/t5-,6+,7+/m0/s1. The Morgan fingerprint density at radius 2 is 2.20 bits per heavy atom. The Labute approximate surface area is 60.4 Å². The zero-order valence-electron chi connectivity index (χ0n) is 5.90. The first-order chi connectivity index (χ1) is 4.77. The molecule has 3 heteroatoms. The van der Waals surface area contributed by atoms with Crippen LogP contribution in [0.25, 0.3) is 0 Å². The van der Waals surface area contributed by atoms with Crippen LogP contribution < -0.4 is 0 Å². The van der Waals surface area contributed by atoms with Crippen molar-refractivity contribution in [1.82, 2.24) is 0 Å². The summed E-state index contributed by atoms with van der Waals surface area (Å²) < 4.78 is 0. The number of hydrogen-bond acceptors (Lipinski definition) is 3. The maximum absolute atomic E-state index is 9.25. The number of aliphatic imine (C=N–C) groups is 1. The van der Waals surface area contributed by atoms with Crippen molar-refractivity contribution < 1.29 is 10.2 Å². The number of aliphatic hydroxyl groups is 2. The van der Waals surface area contributed by atoms with E-state index < -0.39 is 0 Å². The fourth-order valence-corrected chi connectivity index (χ4v) is 1.44. The summed E-state index contributed by atoms with van der Waals surface area (Å²) in [6, 6.07) is -0.0443. The SMILES string of the molecule is C=N[C@@H]1C[C@H](CO)C[C@H]1O. The fourth-order valence-electron chi connectivity index (χ4n) is 1.44. The first-order valence-electron chi connectivity index (χ1n) is 3.52. The van der Waals surface area contributed by atoms with E-state index in [1.54, 1.807) is 0 Å². The Hall–Kier alpha value is -0.410. The predicted octanol–water partition coefficient (Wildman–Crippen LogP) is -0.181. The minimum absolute atomic E-state index is 0.0443. The van der Waals surface area contributed by atoms with Crippen LogP contribution in [0.1, 0.15) is 12.8 Å². The molecule has 0 aromatic heterocycles. The molecule has 0 aliphatic heterocycles. The average molecular weight is 143 g/mol. The lowest BCUT2D eigenvalue weighted by atomic mass is 10.1. The minimum atomic E-state index is -0.380. The monoisotopic (exact) mass is 143 g/mol. The third-order valence-electron chi connectivity index (χ3n) is 2.09. The molecular formula is C7H13NO2. The van der Waals surface area contributed by atoms with E-state index in [-0.39, 0.29) is 24.7 Å². The molecule has 1 fully saturated rings. The first kappa shape index (κ1) is 7.69. The molecule has 0 aromatic rings. The van der Waals surface area contributed by atoms with Crippen LogP contribution in [0.2, 0.25) is 0 Å². The topological polar surface area (TPSA) is 52.8 Å². The molecule has 0 unspecified atom stereocenters. The van der Waals surface area contributed by atoms with Gasteiger partial charge in [-0.2, -0.15) is 0 Å². The first-order valence-corrected chi connectivity index (χ1v) is 3.52. The van der Waals surface area contributed by atoms with Gasteiger partial charge in [-0.05, 0) is 25.5 Å². The molecule has 0 bridgehead atoms. The van der Waals surface area contributed by atoms with E-state index >= 15 is 0 Å². The third-order valence-corrected chi connectivity index (χ3v) is 2.09. The zero-order valence-corrected chi connectivity index (χ0v) is 5.90. The van der Waals surface area contributed by atoms with Gasteiger partial charge in [0.15, 0.2) is 0 Å². The molecule has 58 valence electrons. The lowest BCUT2D eigenvalue weighted by Gasteiger charge is -2.05. The summed E-state index contributed by atoms with van der Waals surface area (Å²) in [7, 11) is 0. The zero-order chi connectivity index (χ0) is 7.56. The van der Waals surface area contributed by atoms with E-state index in [0.29, 0.717) is 6.42 Å². The highest BCUT2D eigenvalue weighted by atomic mass is 16.3. The largest absolute Gasteiger partial charge is 0.396 e. The second-order valence-corrected chi connectivity index (χ2v) is 2.84. The van der Waals surface area contributed by atoms with Gasteiger partial charge >= 0.3 is 0 Å². The summed E-state index contributed by atoms with van der Waals surface area (Å²) in [5.74, 6) is 0.227. The molecule has 3 atom stereocenters. The van der Waals surface area contributed by atoms with Crippen LogP contribution in [0.5, 0.6) is 0 Å². The van der Waals surface area contributed by atoms with Crippen molar-refractivity contribution >= 4 is 6.72 Å². The summed E-state index contributed by atoms with van der Waals surface area (Å²) in [4.78, 5) is 3.76. The van der Waals surface area contributed by atoms with Gasteiger partial charge in [-0.25, -0.2) is 0 Å². The van der Waals surface area contributed by atoms with Gasteiger partial charge in [-0.1, -0.05) is 0 Å². The summed E-state index contributed by atoms with van der Waals surface area (Å²) in [6.45, 7) is 3.53.